The van der Waals surface area contributed by atoms with Gasteiger partial charge >= 0.3 is 0 Å². The zero-order chi connectivity index (χ0) is 10.3. The molecular formula is C10H17N5. The van der Waals surface area contributed by atoms with Crippen LogP contribution >= 0.6 is 0 Å². The summed E-state index contributed by atoms with van der Waals surface area (Å²) in [5, 5.41) is 11.2. The fourth-order valence-corrected chi connectivity index (χ4v) is 2.55. The van der Waals surface area contributed by atoms with Gasteiger partial charge in [0.1, 0.15) is 5.82 Å². The highest BCUT2D eigenvalue weighted by atomic mass is 15.3. The maximum atomic E-state index is 5.95. The van der Waals surface area contributed by atoms with Gasteiger partial charge in [0.15, 0.2) is 0 Å². The van der Waals surface area contributed by atoms with Crippen molar-refractivity contribution in [1.29, 1.82) is 0 Å². The SMILES string of the molecule is Nc1nn(C2CCNC2)c2c1CCNC2. The number of nitrogen functional groups attached to an aromatic ring is 1. The minimum atomic E-state index is 0.496. The van der Waals surface area contributed by atoms with Crippen LogP contribution in [0.15, 0.2) is 0 Å². The molecule has 1 aromatic rings. The van der Waals surface area contributed by atoms with Crippen molar-refractivity contribution in [2.75, 3.05) is 25.4 Å². The molecule has 15 heavy (non-hydrogen) atoms. The predicted octanol–water partition coefficient (Wildman–Crippen LogP) is -0.355. The van der Waals surface area contributed by atoms with Crippen LogP contribution in [-0.4, -0.2) is 29.4 Å². The van der Waals surface area contributed by atoms with E-state index in [1.165, 1.54) is 11.3 Å². The van der Waals surface area contributed by atoms with E-state index in [1.807, 2.05) is 0 Å². The normalized spacial score (nSPS) is 25.5. The van der Waals surface area contributed by atoms with E-state index in [0.29, 0.717) is 6.04 Å². The van der Waals surface area contributed by atoms with Gasteiger partial charge < -0.3 is 16.4 Å². The van der Waals surface area contributed by atoms with Crippen LogP contribution in [0, 0.1) is 0 Å². The molecule has 0 spiro atoms. The molecule has 5 nitrogen and oxygen atoms in total. The van der Waals surface area contributed by atoms with Crippen molar-refractivity contribution >= 4 is 5.82 Å². The molecule has 1 unspecified atom stereocenters. The maximum Gasteiger partial charge on any atom is 0.149 e. The fraction of sp³-hybridized carbons (Fsp3) is 0.700. The zero-order valence-electron chi connectivity index (χ0n) is 8.79. The van der Waals surface area contributed by atoms with Crippen LogP contribution in [0.25, 0.3) is 0 Å². The van der Waals surface area contributed by atoms with Crippen LogP contribution in [0.2, 0.25) is 0 Å². The Morgan fingerprint density at radius 3 is 3.07 bits per heavy atom. The van der Waals surface area contributed by atoms with Crippen molar-refractivity contribution in [2.45, 2.75) is 25.4 Å². The van der Waals surface area contributed by atoms with Crippen LogP contribution in [0.5, 0.6) is 0 Å². The Balaban J connectivity index is 1.99. The molecule has 1 fully saturated rings. The topological polar surface area (TPSA) is 67.9 Å². The summed E-state index contributed by atoms with van der Waals surface area (Å²) in [5.41, 5.74) is 8.51. The van der Waals surface area contributed by atoms with Crippen molar-refractivity contribution in [2.24, 2.45) is 0 Å². The highest BCUT2D eigenvalue weighted by molar-refractivity contribution is 5.44. The van der Waals surface area contributed by atoms with Gasteiger partial charge in [-0.3, -0.25) is 4.68 Å². The van der Waals surface area contributed by atoms with Crippen LogP contribution in [-0.2, 0) is 13.0 Å². The lowest BCUT2D eigenvalue weighted by Crippen LogP contribution is -2.27. The number of nitrogens with zero attached hydrogens (tertiary/aromatic N) is 2. The van der Waals surface area contributed by atoms with Gasteiger partial charge in [0.2, 0.25) is 0 Å². The highest BCUT2D eigenvalue weighted by Crippen LogP contribution is 2.25. The summed E-state index contributed by atoms with van der Waals surface area (Å²) in [6.45, 7) is 4.04. The monoisotopic (exact) mass is 207 g/mol. The third kappa shape index (κ3) is 1.42. The van der Waals surface area contributed by atoms with Gasteiger partial charge in [0, 0.05) is 18.7 Å². The summed E-state index contributed by atoms with van der Waals surface area (Å²) in [6, 6.07) is 0.496. The molecule has 0 radical (unpaired) electrons. The van der Waals surface area contributed by atoms with Crippen LogP contribution in [0.3, 0.4) is 0 Å². The molecule has 82 valence electrons. The van der Waals surface area contributed by atoms with E-state index in [2.05, 4.69) is 20.4 Å². The molecule has 5 heteroatoms. The number of nitrogens with one attached hydrogen (secondary N) is 2. The summed E-state index contributed by atoms with van der Waals surface area (Å²) in [4.78, 5) is 0. The summed E-state index contributed by atoms with van der Waals surface area (Å²) in [6.07, 6.45) is 2.18. The van der Waals surface area contributed by atoms with Gasteiger partial charge in [0.25, 0.3) is 0 Å². The number of rotatable bonds is 1. The van der Waals surface area contributed by atoms with Crippen LogP contribution in [0.4, 0.5) is 5.82 Å². The predicted molar refractivity (Wildman–Crippen MR) is 58.6 cm³/mol. The van der Waals surface area contributed by atoms with Gasteiger partial charge in [0.05, 0.1) is 11.7 Å². The quantitative estimate of drug-likeness (QED) is 0.588. The van der Waals surface area contributed by atoms with Crippen LogP contribution < -0.4 is 16.4 Å². The average Bonchev–Trinajstić information content (AvgIpc) is 2.87. The highest BCUT2D eigenvalue weighted by Gasteiger charge is 2.25. The van der Waals surface area contributed by atoms with Crippen molar-refractivity contribution in [1.82, 2.24) is 20.4 Å². The third-order valence-electron chi connectivity index (χ3n) is 3.37. The summed E-state index contributed by atoms with van der Waals surface area (Å²) >= 11 is 0. The Kier molecular flexibility index (Phi) is 2.14. The number of fused-ring (bicyclic) bond motifs is 1. The van der Waals surface area contributed by atoms with E-state index in [0.717, 1.165) is 44.8 Å². The molecule has 0 bridgehead atoms. The Morgan fingerprint density at radius 1 is 1.33 bits per heavy atom. The van der Waals surface area contributed by atoms with Crippen molar-refractivity contribution in [3.8, 4) is 0 Å². The van der Waals surface area contributed by atoms with Crippen LogP contribution in [0.1, 0.15) is 23.7 Å². The fourth-order valence-electron chi connectivity index (χ4n) is 2.55. The van der Waals surface area contributed by atoms with E-state index in [-0.39, 0.29) is 0 Å². The molecule has 0 amide bonds. The first kappa shape index (κ1) is 9.18. The first-order chi connectivity index (χ1) is 7.36. The molecule has 0 aromatic carbocycles. The first-order valence-electron chi connectivity index (χ1n) is 5.63. The molecule has 4 N–H and O–H groups in total. The summed E-state index contributed by atoms with van der Waals surface area (Å²) < 4.78 is 2.14. The summed E-state index contributed by atoms with van der Waals surface area (Å²) in [7, 11) is 0. The molecule has 0 aliphatic carbocycles. The standard InChI is InChI=1S/C10H17N5/c11-10-8-2-4-13-6-9(8)15(14-10)7-1-3-12-5-7/h7,12-13H,1-6H2,(H2,11,14). The van der Waals surface area contributed by atoms with E-state index in [9.17, 15) is 0 Å². The minimum absolute atomic E-state index is 0.496. The van der Waals surface area contributed by atoms with Crippen molar-refractivity contribution in [3.63, 3.8) is 0 Å². The number of hydrogen-bond donors (Lipinski definition) is 3. The minimum Gasteiger partial charge on any atom is -0.382 e. The summed E-state index contributed by atoms with van der Waals surface area (Å²) in [5.74, 6) is 0.735. The van der Waals surface area contributed by atoms with E-state index >= 15 is 0 Å². The van der Waals surface area contributed by atoms with E-state index in [4.69, 9.17) is 5.73 Å². The van der Waals surface area contributed by atoms with E-state index in [1.54, 1.807) is 0 Å². The second kappa shape index (κ2) is 3.50. The number of anilines is 1. The molecule has 2 aliphatic heterocycles. The molecule has 1 atom stereocenters. The second-order valence-electron chi connectivity index (χ2n) is 4.33. The van der Waals surface area contributed by atoms with Gasteiger partial charge in [-0.2, -0.15) is 5.10 Å². The molecule has 3 rings (SSSR count). The average molecular weight is 207 g/mol. The Bertz CT molecular complexity index is 364. The maximum absolute atomic E-state index is 5.95. The largest absolute Gasteiger partial charge is 0.382 e. The molecule has 1 aromatic heterocycles. The lowest BCUT2D eigenvalue weighted by molar-refractivity contribution is 0.456. The Labute approximate surface area is 89.0 Å². The van der Waals surface area contributed by atoms with Gasteiger partial charge in [-0.05, 0) is 25.9 Å². The zero-order valence-corrected chi connectivity index (χ0v) is 8.79. The number of nitrogens with two attached hydrogens (primary N) is 1. The lowest BCUT2D eigenvalue weighted by atomic mass is 10.1. The van der Waals surface area contributed by atoms with Gasteiger partial charge in [-0.1, -0.05) is 0 Å². The third-order valence-corrected chi connectivity index (χ3v) is 3.37. The lowest BCUT2D eigenvalue weighted by Gasteiger charge is -2.18. The Hall–Kier alpha value is -1.07. The van der Waals surface area contributed by atoms with Gasteiger partial charge in [-0.25, -0.2) is 0 Å². The number of aromatic nitrogens is 2. The molecule has 0 saturated carbocycles. The van der Waals surface area contributed by atoms with Gasteiger partial charge in [-0.15, -0.1) is 0 Å². The smallest absolute Gasteiger partial charge is 0.149 e. The molecule has 2 aliphatic rings. The number of hydrogen-bond acceptors (Lipinski definition) is 4. The van der Waals surface area contributed by atoms with Crippen molar-refractivity contribution in [3.05, 3.63) is 11.3 Å². The molecular weight excluding hydrogens is 190 g/mol. The molecule has 3 heterocycles. The second-order valence-corrected chi connectivity index (χ2v) is 4.33. The first-order valence-corrected chi connectivity index (χ1v) is 5.63. The van der Waals surface area contributed by atoms with Crippen molar-refractivity contribution < 1.29 is 0 Å². The van der Waals surface area contributed by atoms with E-state index < -0.39 is 0 Å². The molecule has 1 saturated heterocycles. The Morgan fingerprint density at radius 2 is 2.27 bits per heavy atom.